The van der Waals surface area contributed by atoms with Crippen LogP contribution < -0.4 is 14.8 Å². The van der Waals surface area contributed by atoms with Gasteiger partial charge in [-0.1, -0.05) is 11.2 Å². The van der Waals surface area contributed by atoms with Crippen LogP contribution >= 0.6 is 0 Å². The summed E-state index contributed by atoms with van der Waals surface area (Å²) < 4.78 is 15.9. The van der Waals surface area contributed by atoms with Crippen LogP contribution in [0, 0.1) is 11.3 Å². The van der Waals surface area contributed by atoms with Gasteiger partial charge in [0.15, 0.2) is 5.76 Å². The van der Waals surface area contributed by atoms with Crippen LogP contribution in [0.5, 0.6) is 11.5 Å². The van der Waals surface area contributed by atoms with E-state index in [4.69, 9.17) is 19.3 Å². The van der Waals surface area contributed by atoms with Gasteiger partial charge in [-0.2, -0.15) is 5.26 Å². The summed E-state index contributed by atoms with van der Waals surface area (Å²) in [6.45, 7) is 0.409. The van der Waals surface area contributed by atoms with Crippen LogP contribution in [0.4, 0.5) is 0 Å². The van der Waals surface area contributed by atoms with E-state index in [1.165, 1.54) is 0 Å². The molecule has 136 valence electrons. The molecule has 0 bridgehead atoms. The van der Waals surface area contributed by atoms with Crippen molar-refractivity contribution in [2.24, 2.45) is 0 Å². The van der Waals surface area contributed by atoms with Crippen LogP contribution in [0.2, 0.25) is 0 Å². The number of rotatable bonds is 7. The summed E-state index contributed by atoms with van der Waals surface area (Å²) in [5.74, 6) is 1.56. The summed E-state index contributed by atoms with van der Waals surface area (Å²) in [6, 6.07) is 17.4. The molecule has 0 atom stereocenters. The summed E-state index contributed by atoms with van der Waals surface area (Å²) in [5, 5.41) is 15.6. The zero-order valence-electron chi connectivity index (χ0n) is 14.6. The number of carbonyl (C=O) groups is 1. The van der Waals surface area contributed by atoms with Gasteiger partial charge in [0.25, 0.3) is 5.91 Å². The Labute approximate surface area is 156 Å². The normalized spacial score (nSPS) is 10.1. The number of nitrogens with one attached hydrogen (secondary N) is 1. The Balaban J connectivity index is 1.51. The minimum Gasteiger partial charge on any atom is -0.497 e. The molecule has 0 spiro atoms. The van der Waals surface area contributed by atoms with Crippen LogP contribution in [0.1, 0.15) is 27.4 Å². The largest absolute Gasteiger partial charge is 0.497 e. The number of hydrogen-bond donors (Lipinski definition) is 1. The molecular formula is C20H17N3O4. The fourth-order valence-corrected chi connectivity index (χ4v) is 2.33. The van der Waals surface area contributed by atoms with Crippen LogP contribution in [0.25, 0.3) is 0 Å². The van der Waals surface area contributed by atoms with Gasteiger partial charge in [0.1, 0.15) is 23.8 Å². The first-order valence-electron chi connectivity index (χ1n) is 8.17. The van der Waals surface area contributed by atoms with Crippen molar-refractivity contribution in [3.63, 3.8) is 0 Å². The maximum atomic E-state index is 12.1. The van der Waals surface area contributed by atoms with Gasteiger partial charge < -0.3 is 19.3 Å². The second-order valence-electron chi connectivity index (χ2n) is 5.62. The van der Waals surface area contributed by atoms with Crippen molar-refractivity contribution in [3.8, 4) is 17.6 Å². The van der Waals surface area contributed by atoms with E-state index in [9.17, 15) is 4.79 Å². The number of ether oxygens (including phenoxy) is 2. The minimum atomic E-state index is -0.222. The summed E-state index contributed by atoms with van der Waals surface area (Å²) in [4.78, 5) is 12.1. The highest BCUT2D eigenvalue weighted by Gasteiger charge is 2.09. The molecule has 1 amide bonds. The predicted octanol–water partition coefficient (Wildman–Crippen LogP) is 3.06. The summed E-state index contributed by atoms with van der Waals surface area (Å²) in [5.41, 5.74) is 1.64. The van der Waals surface area contributed by atoms with Crippen molar-refractivity contribution in [2.75, 3.05) is 7.11 Å². The number of carbonyl (C=O) groups excluding carboxylic acids is 1. The molecular weight excluding hydrogens is 346 g/mol. The van der Waals surface area contributed by atoms with E-state index in [-0.39, 0.29) is 19.1 Å². The van der Waals surface area contributed by atoms with Gasteiger partial charge in [0, 0.05) is 11.6 Å². The average Bonchev–Trinajstić information content (AvgIpc) is 3.18. The molecule has 0 saturated heterocycles. The van der Waals surface area contributed by atoms with E-state index in [1.807, 2.05) is 0 Å². The number of nitrogens with zero attached hydrogens (tertiary/aromatic N) is 2. The highest BCUT2D eigenvalue weighted by molar-refractivity contribution is 5.94. The maximum absolute atomic E-state index is 12.1. The lowest BCUT2D eigenvalue weighted by atomic mass is 10.2. The number of aromatic nitrogens is 1. The Morgan fingerprint density at radius 3 is 2.74 bits per heavy atom. The van der Waals surface area contributed by atoms with Crippen LogP contribution in [-0.2, 0) is 13.2 Å². The minimum absolute atomic E-state index is 0.199. The van der Waals surface area contributed by atoms with Gasteiger partial charge in [-0.3, -0.25) is 4.79 Å². The molecule has 3 rings (SSSR count). The van der Waals surface area contributed by atoms with Crippen molar-refractivity contribution in [3.05, 3.63) is 77.2 Å². The van der Waals surface area contributed by atoms with E-state index in [0.29, 0.717) is 34.1 Å². The standard InChI is InChI=1S/C20H17N3O4/c1-25-17-7-5-15(6-8-17)20(24)22-12-19-10-16(23-27-19)13-26-18-4-2-3-14(9-18)11-21/h2-10H,12-13H2,1H3,(H,22,24). The highest BCUT2D eigenvalue weighted by atomic mass is 16.5. The quantitative estimate of drug-likeness (QED) is 0.693. The summed E-state index contributed by atoms with van der Waals surface area (Å²) in [6.07, 6.45) is 0. The van der Waals surface area contributed by atoms with E-state index < -0.39 is 0 Å². The highest BCUT2D eigenvalue weighted by Crippen LogP contribution is 2.15. The van der Waals surface area contributed by atoms with Gasteiger partial charge in [-0.15, -0.1) is 0 Å². The van der Waals surface area contributed by atoms with Crippen molar-refractivity contribution in [1.82, 2.24) is 10.5 Å². The molecule has 0 radical (unpaired) electrons. The van der Waals surface area contributed by atoms with Crippen LogP contribution in [-0.4, -0.2) is 18.2 Å². The van der Waals surface area contributed by atoms with E-state index in [2.05, 4.69) is 16.5 Å². The zero-order valence-corrected chi connectivity index (χ0v) is 14.6. The Hall–Kier alpha value is -3.79. The molecule has 7 nitrogen and oxygen atoms in total. The molecule has 1 N–H and O–H groups in total. The van der Waals surface area contributed by atoms with Gasteiger partial charge in [0.2, 0.25) is 0 Å². The molecule has 7 heteroatoms. The lowest BCUT2D eigenvalue weighted by Gasteiger charge is -2.04. The Kier molecular flexibility index (Phi) is 5.70. The first-order valence-corrected chi connectivity index (χ1v) is 8.17. The average molecular weight is 363 g/mol. The van der Waals surface area contributed by atoms with Crippen molar-refractivity contribution in [1.29, 1.82) is 5.26 Å². The van der Waals surface area contributed by atoms with Crippen molar-refractivity contribution in [2.45, 2.75) is 13.2 Å². The van der Waals surface area contributed by atoms with Crippen LogP contribution in [0.15, 0.2) is 59.1 Å². The third-order valence-corrected chi connectivity index (χ3v) is 3.73. The van der Waals surface area contributed by atoms with E-state index >= 15 is 0 Å². The third-order valence-electron chi connectivity index (χ3n) is 3.73. The maximum Gasteiger partial charge on any atom is 0.251 e. The topological polar surface area (TPSA) is 97.4 Å². The van der Waals surface area contributed by atoms with Gasteiger partial charge in [-0.25, -0.2) is 0 Å². The Morgan fingerprint density at radius 2 is 2.00 bits per heavy atom. The number of amides is 1. The van der Waals surface area contributed by atoms with Gasteiger partial charge in [-0.05, 0) is 42.5 Å². The Morgan fingerprint density at radius 1 is 1.19 bits per heavy atom. The monoisotopic (exact) mass is 363 g/mol. The second kappa shape index (κ2) is 8.54. The lowest BCUT2D eigenvalue weighted by molar-refractivity contribution is 0.0947. The van der Waals surface area contributed by atoms with E-state index in [1.54, 1.807) is 61.7 Å². The molecule has 0 saturated carbocycles. The second-order valence-corrected chi connectivity index (χ2v) is 5.62. The predicted molar refractivity (Wildman–Crippen MR) is 96.2 cm³/mol. The lowest BCUT2D eigenvalue weighted by Crippen LogP contribution is -2.22. The summed E-state index contributed by atoms with van der Waals surface area (Å²) >= 11 is 0. The number of hydrogen-bond acceptors (Lipinski definition) is 6. The van der Waals surface area contributed by atoms with E-state index in [0.717, 1.165) is 0 Å². The van der Waals surface area contributed by atoms with Gasteiger partial charge in [0.05, 0.1) is 25.3 Å². The molecule has 3 aromatic rings. The first-order chi connectivity index (χ1) is 13.2. The molecule has 0 aliphatic heterocycles. The molecule has 1 heterocycles. The molecule has 0 fully saturated rings. The molecule has 1 aromatic heterocycles. The number of methoxy groups -OCH3 is 1. The first kappa shape index (κ1) is 18.0. The summed E-state index contributed by atoms with van der Waals surface area (Å²) in [7, 11) is 1.57. The molecule has 0 aliphatic carbocycles. The number of benzene rings is 2. The zero-order chi connectivity index (χ0) is 19.1. The molecule has 27 heavy (non-hydrogen) atoms. The fraction of sp³-hybridized carbons (Fsp3) is 0.150. The third kappa shape index (κ3) is 4.86. The van der Waals surface area contributed by atoms with Crippen molar-refractivity contribution < 1.29 is 18.8 Å². The molecule has 2 aromatic carbocycles. The van der Waals surface area contributed by atoms with Gasteiger partial charge >= 0.3 is 0 Å². The fourth-order valence-electron chi connectivity index (χ4n) is 2.33. The molecule has 0 unspecified atom stereocenters. The SMILES string of the molecule is COc1ccc(C(=O)NCc2cc(COc3cccc(C#N)c3)no2)cc1. The molecule has 0 aliphatic rings. The van der Waals surface area contributed by atoms with Crippen LogP contribution in [0.3, 0.4) is 0 Å². The smallest absolute Gasteiger partial charge is 0.251 e. The Bertz CT molecular complexity index is 958. The number of nitriles is 1. The van der Waals surface area contributed by atoms with Crippen molar-refractivity contribution >= 4 is 5.91 Å².